The molecule has 1 aromatic heterocycles. The molecule has 0 aliphatic carbocycles. The van der Waals surface area contributed by atoms with Gasteiger partial charge in [0.05, 0.1) is 6.26 Å². The first-order valence-electron chi connectivity index (χ1n) is 7.48. The molecule has 4 heteroatoms. The van der Waals surface area contributed by atoms with E-state index in [2.05, 4.69) is 50.2 Å². The van der Waals surface area contributed by atoms with E-state index in [1.165, 1.54) is 6.42 Å². The van der Waals surface area contributed by atoms with Crippen molar-refractivity contribution >= 4 is 5.96 Å². The Labute approximate surface area is 123 Å². The summed E-state index contributed by atoms with van der Waals surface area (Å²) in [5.74, 6) is 1.73. The highest BCUT2D eigenvalue weighted by Crippen LogP contribution is 2.21. The van der Waals surface area contributed by atoms with E-state index in [4.69, 9.17) is 4.42 Å². The second kappa shape index (κ2) is 7.98. The maximum absolute atomic E-state index is 5.30. The maximum atomic E-state index is 5.30. The van der Waals surface area contributed by atoms with Crippen LogP contribution in [0, 0.1) is 5.41 Å². The number of aliphatic imine (C=N–C) groups is 1. The summed E-state index contributed by atoms with van der Waals surface area (Å²) in [5, 5.41) is 6.72. The summed E-state index contributed by atoms with van der Waals surface area (Å²) in [6.07, 6.45) is 4.00. The lowest BCUT2D eigenvalue weighted by Gasteiger charge is -2.23. The van der Waals surface area contributed by atoms with Crippen molar-refractivity contribution in [3.63, 3.8) is 0 Å². The van der Waals surface area contributed by atoms with Gasteiger partial charge in [-0.05, 0) is 44.2 Å². The van der Waals surface area contributed by atoms with Crippen LogP contribution in [0.2, 0.25) is 0 Å². The molecule has 0 bridgehead atoms. The monoisotopic (exact) mass is 279 g/mol. The van der Waals surface area contributed by atoms with Crippen molar-refractivity contribution in [3.8, 4) is 0 Å². The van der Waals surface area contributed by atoms with Crippen LogP contribution in [0.15, 0.2) is 27.8 Å². The predicted octanol–water partition coefficient (Wildman–Crippen LogP) is 3.55. The summed E-state index contributed by atoms with van der Waals surface area (Å²) in [4.78, 5) is 4.54. The smallest absolute Gasteiger partial charge is 0.191 e. The van der Waals surface area contributed by atoms with Gasteiger partial charge in [-0.25, -0.2) is 4.99 Å². The molecule has 1 heterocycles. The fourth-order valence-electron chi connectivity index (χ4n) is 1.83. The number of furan rings is 1. The van der Waals surface area contributed by atoms with Crippen molar-refractivity contribution in [2.75, 3.05) is 6.54 Å². The van der Waals surface area contributed by atoms with Gasteiger partial charge in [0.15, 0.2) is 5.96 Å². The van der Waals surface area contributed by atoms with Crippen molar-refractivity contribution in [2.45, 2.75) is 60.0 Å². The van der Waals surface area contributed by atoms with E-state index in [0.29, 0.717) is 18.0 Å². The molecule has 0 amide bonds. The van der Waals surface area contributed by atoms with Gasteiger partial charge in [-0.3, -0.25) is 0 Å². The number of nitrogens with zero attached hydrogens (tertiary/aromatic N) is 1. The van der Waals surface area contributed by atoms with E-state index in [1.54, 1.807) is 6.26 Å². The fraction of sp³-hybridized carbons (Fsp3) is 0.688. The van der Waals surface area contributed by atoms with Crippen LogP contribution in [0.3, 0.4) is 0 Å². The number of hydrogen-bond acceptors (Lipinski definition) is 2. The highest BCUT2D eigenvalue weighted by molar-refractivity contribution is 5.79. The molecule has 0 aromatic carbocycles. The summed E-state index contributed by atoms with van der Waals surface area (Å²) in [6.45, 7) is 12.5. The van der Waals surface area contributed by atoms with Crippen molar-refractivity contribution in [1.29, 1.82) is 0 Å². The van der Waals surface area contributed by atoms with Crippen LogP contribution in [-0.4, -0.2) is 18.5 Å². The lowest BCUT2D eigenvalue weighted by atomic mass is 9.89. The van der Waals surface area contributed by atoms with Gasteiger partial charge in [-0.1, -0.05) is 20.8 Å². The Hall–Kier alpha value is -1.45. The molecule has 2 N–H and O–H groups in total. The van der Waals surface area contributed by atoms with E-state index in [-0.39, 0.29) is 0 Å². The third-order valence-corrected chi connectivity index (χ3v) is 3.03. The van der Waals surface area contributed by atoms with E-state index < -0.39 is 0 Å². The zero-order valence-corrected chi connectivity index (χ0v) is 13.5. The Kier molecular flexibility index (Phi) is 6.62. The second-order valence-electron chi connectivity index (χ2n) is 6.42. The molecule has 0 fully saturated rings. The molecule has 114 valence electrons. The van der Waals surface area contributed by atoms with Crippen molar-refractivity contribution in [2.24, 2.45) is 10.4 Å². The van der Waals surface area contributed by atoms with Gasteiger partial charge in [0.2, 0.25) is 0 Å². The first-order valence-corrected chi connectivity index (χ1v) is 7.48. The lowest BCUT2D eigenvalue weighted by molar-refractivity contribution is 0.346. The number of hydrogen-bond donors (Lipinski definition) is 2. The molecule has 0 saturated carbocycles. The topological polar surface area (TPSA) is 49.6 Å². The molecule has 20 heavy (non-hydrogen) atoms. The zero-order chi connectivity index (χ0) is 15.0. The number of nitrogens with one attached hydrogen (secondary N) is 2. The molecule has 1 aromatic rings. The van der Waals surface area contributed by atoms with E-state index >= 15 is 0 Å². The lowest BCUT2D eigenvalue weighted by Crippen LogP contribution is -2.42. The Bertz CT molecular complexity index is 390. The first kappa shape index (κ1) is 16.6. The van der Waals surface area contributed by atoms with E-state index in [0.717, 1.165) is 24.7 Å². The second-order valence-corrected chi connectivity index (χ2v) is 6.42. The molecule has 0 aliphatic heterocycles. The van der Waals surface area contributed by atoms with Crippen molar-refractivity contribution in [1.82, 2.24) is 10.6 Å². The molecule has 1 rings (SSSR count). The molecular formula is C16H29N3O. The van der Waals surface area contributed by atoms with E-state index in [9.17, 15) is 0 Å². The van der Waals surface area contributed by atoms with Gasteiger partial charge in [0, 0.05) is 12.6 Å². The van der Waals surface area contributed by atoms with Gasteiger partial charge in [-0.15, -0.1) is 0 Å². The molecule has 0 spiro atoms. The summed E-state index contributed by atoms with van der Waals surface area (Å²) < 4.78 is 5.30. The van der Waals surface area contributed by atoms with Crippen LogP contribution in [-0.2, 0) is 6.54 Å². The summed E-state index contributed by atoms with van der Waals surface area (Å²) in [7, 11) is 0. The highest BCUT2D eigenvalue weighted by Gasteiger charge is 2.13. The van der Waals surface area contributed by atoms with Crippen LogP contribution in [0.5, 0.6) is 0 Å². The van der Waals surface area contributed by atoms with Crippen molar-refractivity contribution in [3.05, 3.63) is 24.2 Å². The van der Waals surface area contributed by atoms with Crippen LogP contribution in [0.4, 0.5) is 0 Å². The van der Waals surface area contributed by atoms with Gasteiger partial charge >= 0.3 is 0 Å². The number of guanidine groups is 1. The predicted molar refractivity (Wildman–Crippen MR) is 84.8 cm³/mol. The Morgan fingerprint density at radius 1 is 1.40 bits per heavy atom. The van der Waals surface area contributed by atoms with Gasteiger partial charge in [-0.2, -0.15) is 0 Å². The molecular weight excluding hydrogens is 250 g/mol. The van der Waals surface area contributed by atoms with Crippen LogP contribution in [0.25, 0.3) is 0 Å². The quantitative estimate of drug-likeness (QED) is 0.618. The Morgan fingerprint density at radius 2 is 2.15 bits per heavy atom. The van der Waals surface area contributed by atoms with Crippen molar-refractivity contribution < 1.29 is 4.42 Å². The minimum Gasteiger partial charge on any atom is -0.467 e. The average Bonchev–Trinajstić information content (AvgIpc) is 2.86. The van der Waals surface area contributed by atoms with E-state index in [1.807, 2.05) is 12.1 Å². The van der Waals surface area contributed by atoms with Gasteiger partial charge < -0.3 is 15.1 Å². The SMILES string of the molecule is CCNC(=NCc1ccco1)NC(C)CCC(C)(C)C. The molecule has 0 radical (unpaired) electrons. The summed E-state index contributed by atoms with van der Waals surface area (Å²) in [6, 6.07) is 4.23. The van der Waals surface area contributed by atoms with Crippen LogP contribution >= 0.6 is 0 Å². The normalized spacial score (nSPS) is 14.2. The minimum atomic E-state index is 0.375. The third-order valence-electron chi connectivity index (χ3n) is 3.03. The third kappa shape index (κ3) is 7.22. The van der Waals surface area contributed by atoms with Crippen LogP contribution < -0.4 is 10.6 Å². The van der Waals surface area contributed by atoms with Gasteiger partial charge in [0.1, 0.15) is 12.3 Å². The molecule has 1 unspecified atom stereocenters. The first-order chi connectivity index (χ1) is 9.40. The Morgan fingerprint density at radius 3 is 2.70 bits per heavy atom. The summed E-state index contributed by atoms with van der Waals surface area (Å²) in [5.41, 5.74) is 0.375. The van der Waals surface area contributed by atoms with Crippen LogP contribution in [0.1, 0.15) is 53.2 Å². The molecule has 1 atom stereocenters. The zero-order valence-electron chi connectivity index (χ0n) is 13.5. The molecule has 4 nitrogen and oxygen atoms in total. The molecule has 0 saturated heterocycles. The van der Waals surface area contributed by atoms with Gasteiger partial charge in [0.25, 0.3) is 0 Å². The minimum absolute atomic E-state index is 0.375. The standard InChI is InChI=1S/C16H29N3O/c1-6-17-15(18-12-14-8-7-11-20-14)19-13(2)9-10-16(3,4)5/h7-8,11,13H,6,9-10,12H2,1-5H3,(H2,17,18,19). The summed E-state index contributed by atoms with van der Waals surface area (Å²) >= 11 is 0. The maximum Gasteiger partial charge on any atom is 0.191 e. The Balaban J connectivity index is 2.47. The number of rotatable bonds is 6. The average molecular weight is 279 g/mol. The molecule has 0 aliphatic rings. The largest absolute Gasteiger partial charge is 0.467 e. The fourth-order valence-corrected chi connectivity index (χ4v) is 1.83. The highest BCUT2D eigenvalue weighted by atomic mass is 16.3.